The van der Waals surface area contributed by atoms with Crippen molar-refractivity contribution >= 4 is 29.4 Å². The molecule has 1 unspecified atom stereocenters. The second-order valence-corrected chi connectivity index (χ2v) is 7.90. The van der Waals surface area contributed by atoms with Gasteiger partial charge >= 0.3 is 6.03 Å². The van der Waals surface area contributed by atoms with Crippen molar-refractivity contribution in [3.8, 4) is 5.75 Å². The van der Waals surface area contributed by atoms with Crippen molar-refractivity contribution in [2.24, 2.45) is 0 Å². The molecule has 0 saturated carbocycles. The predicted octanol–water partition coefficient (Wildman–Crippen LogP) is 4.12. The van der Waals surface area contributed by atoms with Gasteiger partial charge in [-0.15, -0.1) is 11.8 Å². The molecule has 1 heterocycles. The van der Waals surface area contributed by atoms with Crippen molar-refractivity contribution in [1.82, 2.24) is 10.2 Å². The normalized spacial score (nSPS) is 16.8. The Morgan fingerprint density at radius 3 is 2.83 bits per heavy atom. The molecule has 3 amide bonds. The molecule has 1 saturated heterocycles. The van der Waals surface area contributed by atoms with Crippen LogP contribution in [0.5, 0.6) is 5.75 Å². The Hall–Kier alpha value is -2.67. The number of methoxy groups -OCH3 is 1. The van der Waals surface area contributed by atoms with Crippen LogP contribution >= 0.6 is 11.8 Å². The van der Waals surface area contributed by atoms with Gasteiger partial charge in [-0.25, -0.2) is 4.79 Å². The van der Waals surface area contributed by atoms with E-state index >= 15 is 0 Å². The van der Waals surface area contributed by atoms with E-state index in [0.29, 0.717) is 25.9 Å². The van der Waals surface area contributed by atoms with E-state index in [2.05, 4.69) is 10.6 Å². The van der Waals surface area contributed by atoms with Gasteiger partial charge in [0.2, 0.25) is 5.91 Å². The molecule has 2 aromatic rings. The van der Waals surface area contributed by atoms with E-state index in [1.54, 1.807) is 18.9 Å². The molecule has 1 atom stereocenters. The number of hydrogen-bond acceptors (Lipinski definition) is 4. The molecule has 0 aliphatic carbocycles. The van der Waals surface area contributed by atoms with E-state index in [0.717, 1.165) is 28.3 Å². The number of ether oxygens (including phenoxy) is 1. The lowest BCUT2D eigenvalue weighted by atomic mass is 10.1. The van der Waals surface area contributed by atoms with E-state index in [-0.39, 0.29) is 18.0 Å². The van der Waals surface area contributed by atoms with Crippen LogP contribution in [0, 0.1) is 0 Å². The van der Waals surface area contributed by atoms with Crippen molar-refractivity contribution in [1.29, 1.82) is 0 Å². The first kappa shape index (κ1) is 21.0. The molecule has 2 N–H and O–H groups in total. The molecule has 154 valence electrons. The number of carbonyl (C=O) groups excluding carboxylic acids is 2. The highest BCUT2D eigenvalue weighted by molar-refractivity contribution is 7.98. The van der Waals surface area contributed by atoms with Crippen LogP contribution < -0.4 is 15.4 Å². The summed E-state index contributed by atoms with van der Waals surface area (Å²) < 4.78 is 5.26. The van der Waals surface area contributed by atoms with Crippen LogP contribution in [-0.2, 0) is 11.3 Å². The summed E-state index contributed by atoms with van der Waals surface area (Å²) in [5.41, 5.74) is 1.80. The summed E-state index contributed by atoms with van der Waals surface area (Å²) in [5, 5.41) is 5.90. The fraction of sp³-hybridized carbons (Fsp3) is 0.364. The molecule has 7 heteroatoms. The van der Waals surface area contributed by atoms with Crippen LogP contribution in [0.3, 0.4) is 0 Å². The van der Waals surface area contributed by atoms with Crippen LogP contribution in [0.1, 0.15) is 24.8 Å². The minimum Gasteiger partial charge on any atom is -0.497 e. The number of benzene rings is 2. The van der Waals surface area contributed by atoms with E-state index < -0.39 is 0 Å². The molecule has 6 nitrogen and oxygen atoms in total. The van der Waals surface area contributed by atoms with Crippen LogP contribution in [0.15, 0.2) is 53.4 Å². The Labute approximate surface area is 176 Å². The Balaban J connectivity index is 1.54. The fourth-order valence-electron chi connectivity index (χ4n) is 3.39. The number of likely N-dealkylation sites (tertiary alicyclic amines) is 1. The molecule has 0 bridgehead atoms. The van der Waals surface area contributed by atoms with Gasteiger partial charge in [-0.3, -0.25) is 4.79 Å². The van der Waals surface area contributed by atoms with Crippen LogP contribution in [0.4, 0.5) is 10.5 Å². The minimum atomic E-state index is -0.234. The monoisotopic (exact) mass is 413 g/mol. The highest BCUT2D eigenvalue weighted by Crippen LogP contribution is 2.20. The molecule has 0 spiro atoms. The van der Waals surface area contributed by atoms with Gasteiger partial charge in [0.15, 0.2) is 0 Å². The smallest absolute Gasteiger partial charge is 0.319 e. The van der Waals surface area contributed by atoms with Crippen LogP contribution in [0.25, 0.3) is 0 Å². The maximum Gasteiger partial charge on any atom is 0.319 e. The molecule has 3 rings (SSSR count). The fourth-order valence-corrected chi connectivity index (χ4v) is 3.85. The third-order valence-corrected chi connectivity index (χ3v) is 5.70. The summed E-state index contributed by atoms with van der Waals surface area (Å²) in [6, 6.07) is 15.2. The predicted molar refractivity (Wildman–Crippen MR) is 116 cm³/mol. The van der Waals surface area contributed by atoms with Crippen molar-refractivity contribution in [2.45, 2.75) is 36.7 Å². The molecular weight excluding hydrogens is 386 g/mol. The average molecular weight is 414 g/mol. The lowest BCUT2D eigenvalue weighted by molar-refractivity contribution is -0.131. The minimum absolute atomic E-state index is 0.0296. The summed E-state index contributed by atoms with van der Waals surface area (Å²) >= 11 is 1.63. The van der Waals surface area contributed by atoms with Crippen LogP contribution in [-0.4, -0.2) is 42.8 Å². The highest BCUT2D eigenvalue weighted by Gasteiger charge is 2.23. The Kier molecular flexibility index (Phi) is 7.41. The molecular formula is C22H27N3O3S. The Morgan fingerprint density at radius 1 is 1.21 bits per heavy atom. The largest absolute Gasteiger partial charge is 0.497 e. The van der Waals surface area contributed by atoms with Gasteiger partial charge in [0.05, 0.1) is 7.11 Å². The van der Waals surface area contributed by atoms with Gasteiger partial charge in [-0.05, 0) is 55.0 Å². The van der Waals surface area contributed by atoms with Crippen molar-refractivity contribution in [3.05, 3.63) is 54.1 Å². The molecule has 2 aromatic carbocycles. The van der Waals surface area contributed by atoms with E-state index in [1.807, 2.05) is 59.7 Å². The van der Waals surface area contributed by atoms with Crippen molar-refractivity contribution in [3.63, 3.8) is 0 Å². The first-order chi connectivity index (χ1) is 14.1. The number of nitrogens with zero attached hydrogens (tertiary/aromatic N) is 1. The van der Waals surface area contributed by atoms with E-state index in [4.69, 9.17) is 4.74 Å². The number of hydrogen-bond donors (Lipinski definition) is 2. The number of rotatable bonds is 6. The zero-order valence-corrected chi connectivity index (χ0v) is 17.6. The topological polar surface area (TPSA) is 70.7 Å². The summed E-state index contributed by atoms with van der Waals surface area (Å²) in [7, 11) is 1.63. The van der Waals surface area contributed by atoms with Gasteiger partial charge in [0.1, 0.15) is 5.75 Å². The molecule has 1 aliphatic rings. The maximum absolute atomic E-state index is 12.5. The zero-order valence-electron chi connectivity index (χ0n) is 16.8. The number of amides is 3. The van der Waals surface area contributed by atoms with Gasteiger partial charge in [-0.1, -0.05) is 18.2 Å². The number of nitrogens with one attached hydrogen (secondary N) is 2. The summed E-state index contributed by atoms with van der Waals surface area (Å²) in [4.78, 5) is 27.9. The number of urea groups is 1. The SMILES string of the molecule is COc1cccc(CN2CCC(NC(=O)Nc3cccc(SC)c3)CCC2=O)c1. The molecule has 1 aliphatic heterocycles. The Bertz CT molecular complexity index is 859. The molecule has 0 radical (unpaired) electrons. The van der Waals surface area contributed by atoms with Crippen molar-refractivity contribution in [2.75, 3.05) is 25.2 Å². The lowest BCUT2D eigenvalue weighted by Gasteiger charge is -2.21. The number of carbonyl (C=O) groups is 2. The van der Waals surface area contributed by atoms with Gasteiger partial charge in [0, 0.05) is 36.1 Å². The highest BCUT2D eigenvalue weighted by atomic mass is 32.2. The standard InChI is InChI=1S/C22H27N3O3S/c1-28-19-7-3-5-16(13-19)15-25-12-11-17(9-10-21(25)26)23-22(27)24-18-6-4-8-20(14-18)29-2/h3-8,13-14,17H,9-12,15H2,1-2H3,(H2,23,24,27). The third-order valence-electron chi connectivity index (χ3n) is 4.98. The molecule has 1 fully saturated rings. The van der Waals surface area contributed by atoms with Crippen LogP contribution in [0.2, 0.25) is 0 Å². The van der Waals surface area contributed by atoms with Gasteiger partial charge in [-0.2, -0.15) is 0 Å². The maximum atomic E-state index is 12.5. The van der Waals surface area contributed by atoms with Crippen molar-refractivity contribution < 1.29 is 14.3 Å². The third kappa shape index (κ3) is 6.15. The quantitative estimate of drug-likeness (QED) is 0.699. The van der Waals surface area contributed by atoms with E-state index in [1.165, 1.54) is 0 Å². The average Bonchev–Trinajstić information content (AvgIpc) is 2.90. The second kappa shape index (κ2) is 10.2. The van der Waals surface area contributed by atoms with E-state index in [9.17, 15) is 9.59 Å². The van der Waals surface area contributed by atoms with Gasteiger partial charge in [0.25, 0.3) is 0 Å². The molecule has 0 aromatic heterocycles. The summed E-state index contributed by atoms with van der Waals surface area (Å²) in [5.74, 6) is 0.900. The first-order valence-corrected chi connectivity index (χ1v) is 10.9. The number of thioether (sulfide) groups is 1. The summed E-state index contributed by atoms with van der Waals surface area (Å²) in [6.45, 7) is 1.17. The number of anilines is 1. The first-order valence-electron chi connectivity index (χ1n) is 9.69. The zero-order chi connectivity index (χ0) is 20.6. The molecule has 29 heavy (non-hydrogen) atoms. The second-order valence-electron chi connectivity index (χ2n) is 7.02. The van der Waals surface area contributed by atoms with Gasteiger partial charge < -0.3 is 20.3 Å². The lowest BCUT2D eigenvalue weighted by Crippen LogP contribution is -2.38. The summed E-state index contributed by atoms with van der Waals surface area (Å²) in [6.07, 6.45) is 3.80. The Morgan fingerprint density at radius 2 is 2.03 bits per heavy atom.